The highest BCUT2D eigenvalue weighted by atomic mass is 32.2. The molecule has 3 nitrogen and oxygen atoms in total. The molecule has 0 radical (unpaired) electrons. The Morgan fingerprint density at radius 2 is 1.95 bits per heavy atom. The number of nitrogens with zero attached hydrogens (tertiary/aromatic N) is 2. The molecule has 1 aliphatic heterocycles. The fraction of sp³-hybridized carbons (Fsp3) is 0.533. The van der Waals surface area contributed by atoms with Gasteiger partial charge in [-0.05, 0) is 44.0 Å². The molecule has 2 rings (SSSR count). The molecule has 104 valence electrons. The second-order valence-corrected chi connectivity index (χ2v) is 5.91. The smallest absolute Gasteiger partial charge is 0.161 e. The molecule has 0 aromatic heterocycles. The van der Waals surface area contributed by atoms with Gasteiger partial charge in [-0.1, -0.05) is 18.7 Å². The summed E-state index contributed by atoms with van der Waals surface area (Å²) in [6, 6.07) is 8.61. The van der Waals surface area contributed by atoms with Crippen LogP contribution in [0.3, 0.4) is 0 Å². The van der Waals surface area contributed by atoms with E-state index in [0.29, 0.717) is 5.92 Å². The van der Waals surface area contributed by atoms with Gasteiger partial charge in [-0.2, -0.15) is 0 Å². The SMILES string of the molecule is CCN(CC)c1ccc(NC2=NCC(C)CS2)cc1. The highest BCUT2D eigenvalue weighted by Gasteiger charge is 2.12. The quantitative estimate of drug-likeness (QED) is 0.909. The summed E-state index contributed by atoms with van der Waals surface area (Å²) in [6.45, 7) is 9.64. The number of anilines is 2. The summed E-state index contributed by atoms with van der Waals surface area (Å²) in [5, 5.41) is 4.45. The standard InChI is InChI=1S/C15H23N3S/c1-4-18(5-2)14-8-6-13(7-9-14)17-15-16-10-12(3)11-19-15/h6-9,12H,4-5,10-11H2,1-3H3,(H,16,17). The largest absolute Gasteiger partial charge is 0.372 e. The summed E-state index contributed by atoms with van der Waals surface area (Å²) in [7, 11) is 0. The minimum atomic E-state index is 0.695. The first kappa shape index (κ1) is 14.3. The summed E-state index contributed by atoms with van der Waals surface area (Å²) in [5.41, 5.74) is 2.40. The zero-order chi connectivity index (χ0) is 13.7. The van der Waals surface area contributed by atoms with Gasteiger partial charge in [0.1, 0.15) is 0 Å². The van der Waals surface area contributed by atoms with Crippen LogP contribution in [0.4, 0.5) is 11.4 Å². The Balaban J connectivity index is 1.99. The first-order chi connectivity index (χ1) is 9.22. The molecule has 0 amide bonds. The van der Waals surface area contributed by atoms with Crippen molar-refractivity contribution in [3.05, 3.63) is 24.3 Å². The topological polar surface area (TPSA) is 27.6 Å². The lowest BCUT2D eigenvalue weighted by Crippen LogP contribution is -2.21. The molecular formula is C15H23N3S. The average Bonchev–Trinajstić information content (AvgIpc) is 2.44. The van der Waals surface area contributed by atoms with Gasteiger partial charge in [0, 0.05) is 36.8 Å². The maximum absolute atomic E-state index is 4.55. The van der Waals surface area contributed by atoms with Gasteiger partial charge in [0.2, 0.25) is 0 Å². The van der Waals surface area contributed by atoms with Gasteiger partial charge in [-0.3, -0.25) is 4.99 Å². The van der Waals surface area contributed by atoms with E-state index in [0.717, 1.165) is 36.2 Å². The molecule has 0 fully saturated rings. The predicted molar refractivity (Wildman–Crippen MR) is 87.5 cm³/mol. The Hall–Kier alpha value is -1.16. The Bertz CT molecular complexity index is 424. The summed E-state index contributed by atoms with van der Waals surface area (Å²) >= 11 is 1.81. The molecule has 1 N–H and O–H groups in total. The Kier molecular flexibility index (Phi) is 5.14. The molecule has 1 aliphatic rings. The molecule has 1 aromatic rings. The third-order valence-electron chi connectivity index (χ3n) is 3.30. The molecule has 1 aromatic carbocycles. The number of nitrogens with one attached hydrogen (secondary N) is 1. The zero-order valence-electron chi connectivity index (χ0n) is 12.0. The average molecular weight is 277 g/mol. The molecule has 19 heavy (non-hydrogen) atoms. The van der Waals surface area contributed by atoms with Crippen LogP contribution < -0.4 is 10.2 Å². The van der Waals surface area contributed by atoms with Crippen LogP contribution in [0.2, 0.25) is 0 Å². The van der Waals surface area contributed by atoms with Crippen LogP contribution in [0.5, 0.6) is 0 Å². The van der Waals surface area contributed by atoms with E-state index in [1.165, 1.54) is 5.69 Å². The minimum absolute atomic E-state index is 0.695. The van der Waals surface area contributed by atoms with Gasteiger partial charge in [0.25, 0.3) is 0 Å². The maximum Gasteiger partial charge on any atom is 0.161 e. The van der Waals surface area contributed by atoms with Crippen molar-refractivity contribution in [2.75, 3.05) is 35.6 Å². The molecule has 0 bridgehead atoms. The third kappa shape index (κ3) is 3.90. The predicted octanol–water partition coefficient (Wildman–Crippen LogP) is 3.68. The van der Waals surface area contributed by atoms with Crippen LogP contribution in [0, 0.1) is 5.92 Å². The highest BCUT2D eigenvalue weighted by Crippen LogP contribution is 2.21. The van der Waals surface area contributed by atoms with Gasteiger partial charge in [0.05, 0.1) is 0 Å². The van der Waals surface area contributed by atoms with Crippen molar-refractivity contribution < 1.29 is 0 Å². The molecule has 0 saturated heterocycles. The summed E-state index contributed by atoms with van der Waals surface area (Å²) in [5.74, 6) is 1.85. The Morgan fingerprint density at radius 1 is 1.26 bits per heavy atom. The number of rotatable bonds is 4. The first-order valence-corrected chi connectivity index (χ1v) is 8.00. The van der Waals surface area contributed by atoms with Crippen molar-refractivity contribution in [3.63, 3.8) is 0 Å². The first-order valence-electron chi connectivity index (χ1n) is 7.02. The molecule has 0 aliphatic carbocycles. The van der Waals surface area contributed by atoms with Gasteiger partial charge in [-0.15, -0.1) is 0 Å². The summed E-state index contributed by atoms with van der Waals surface area (Å²) in [6.07, 6.45) is 0. The van der Waals surface area contributed by atoms with E-state index >= 15 is 0 Å². The normalized spacial score (nSPS) is 18.9. The minimum Gasteiger partial charge on any atom is -0.372 e. The van der Waals surface area contributed by atoms with E-state index in [2.05, 4.69) is 60.2 Å². The lowest BCUT2D eigenvalue weighted by atomic mass is 10.2. The van der Waals surface area contributed by atoms with Crippen molar-refractivity contribution in [3.8, 4) is 0 Å². The number of hydrogen-bond acceptors (Lipinski definition) is 4. The van der Waals surface area contributed by atoms with Crippen LogP contribution in [-0.2, 0) is 0 Å². The van der Waals surface area contributed by atoms with E-state index in [-0.39, 0.29) is 0 Å². The lowest BCUT2D eigenvalue weighted by Gasteiger charge is -2.22. The van der Waals surface area contributed by atoms with E-state index < -0.39 is 0 Å². The number of benzene rings is 1. The monoisotopic (exact) mass is 277 g/mol. The van der Waals surface area contributed by atoms with E-state index in [9.17, 15) is 0 Å². The zero-order valence-corrected chi connectivity index (χ0v) is 12.8. The number of amidine groups is 1. The van der Waals surface area contributed by atoms with Crippen LogP contribution in [0.1, 0.15) is 20.8 Å². The van der Waals surface area contributed by atoms with Crippen LogP contribution in [0.25, 0.3) is 0 Å². The van der Waals surface area contributed by atoms with Gasteiger partial charge < -0.3 is 10.2 Å². The Morgan fingerprint density at radius 3 is 2.47 bits per heavy atom. The fourth-order valence-corrected chi connectivity index (χ4v) is 3.01. The summed E-state index contributed by atoms with van der Waals surface area (Å²) < 4.78 is 0. The second-order valence-electron chi connectivity index (χ2n) is 4.91. The van der Waals surface area contributed by atoms with E-state index in [4.69, 9.17) is 0 Å². The van der Waals surface area contributed by atoms with Crippen molar-refractivity contribution in [1.29, 1.82) is 0 Å². The van der Waals surface area contributed by atoms with Crippen molar-refractivity contribution in [2.45, 2.75) is 20.8 Å². The van der Waals surface area contributed by atoms with Crippen molar-refractivity contribution in [2.24, 2.45) is 10.9 Å². The molecule has 1 heterocycles. The second kappa shape index (κ2) is 6.85. The fourth-order valence-electron chi connectivity index (χ4n) is 2.10. The van der Waals surface area contributed by atoms with Crippen LogP contribution in [-0.4, -0.2) is 30.6 Å². The molecule has 4 heteroatoms. The number of thioether (sulfide) groups is 1. The van der Waals surface area contributed by atoms with Gasteiger partial charge >= 0.3 is 0 Å². The van der Waals surface area contributed by atoms with Gasteiger partial charge in [-0.25, -0.2) is 0 Å². The number of aliphatic imine (C=N–C) groups is 1. The van der Waals surface area contributed by atoms with Crippen molar-refractivity contribution in [1.82, 2.24) is 0 Å². The molecule has 1 unspecified atom stereocenters. The maximum atomic E-state index is 4.55. The van der Waals surface area contributed by atoms with Gasteiger partial charge in [0.15, 0.2) is 5.17 Å². The highest BCUT2D eigenvalue weighted by molar-refractivity contribution is 8.14. The number of hydrogen-bond donors (Lipinski definition) is 1. The third-order valence-corrected chi connectivity index (χ3v) is 4.54. The molecular weight excluding hydrogens is 254 g/mol. The van der Waals surface area contributed by atoms with Crippen LogP contribution in [0.15, 0.2) is 29.3 Å². The van der Waals surface area contributed by atoms with Crippen LogP contribution >= 0.6 is 11.8 Å². The van der Waals surface area contributed by atoms with Crippen molar-refractivity contribution >= 4 is 28.3 Å². The lowest BCUT2D eigenvalue weighted by molar-refractivity contribution is 0.674. The Labute approximate surface area is 120 Å². The molecule has 0 spiro atoms. The molecule has 1 atom stereocenters. The van der Waals surface area contributed by atoms with E-state index in [1.807, 2.05) is 11.8 Å². The molecule has 0 saturated carbocycles. The summed E-state index contributed by atoms with van der Waals surface area (Å²) in [4.78, 5) is 6.90. The van der Waals surface area contributed by atoms with E-state index in [1.54, 1.807) is 0 Å².